The minimum atomic E-state index is -0.857. The molecule has 3 rings (SSSR count). The minimum Gasteiger partial charge on any atom is -0.480 e. The first kappa shape index (κ1) is 20.7. The molecule has 1 aliphatic rings. The number of aliphatic carboxylic acids is 1. The van der Waals surface area contributed by atoms with Gasteiger partial charge in [-0.15, -0.1) is 0 Å². The summed E-state index contributed by atoms with van der Waals surface area (Å²) in [6, 6.07) is 9.42. The lowest BCUT2D eigenvalue weighted by atomic mass is 10.0. The molecule has 8 heteroatoms. The first-order chi connectivity index (χ1) is 13.8. The number of aryl methyl sites for hydroxylation is 1. The summed E-state index contributed by atoms with van der Waals surface area (Å²) < 4.78 is 1.19. The average molecular weight is 398 g/mol. The molecule has 1 amide bonds. The number of carbonyl (C=O) groups is 3. The number of hydrogen-bond donors (Lipinski definition) is 1. The fourth-order valence-electron chi connectivity index (χ4n) is 3.72. The molecular formula is C21H26N4O4. The summed E-state index contributed by atoms with van der Waals surface area (Å²) in [5.74, 6) is -1.04. The maximum atomic E-state index is 12.6. The van der Waals surface area contributed by atoms with Crippen molar-refractivity contribution >= 4 is 17.8 Å². The molecule has 0 spiro atoms. The van der Waals surface area contributed by atoms with Crippen LogP contribution in [0, 0.1) is 6.92 Å². The number of hydrogen-bond acceptors (Lipinski definition) is 5. The number of Topliss-reactive ketones (excluding diaryl/α,β-unsaturated/α-hetero) is 1. The van der Waals surface area contributed by atoms with Crippen LogP contribution in [0.4, 0.5) is 4.79 Å². The first-order valence-corrected chi connectivity index (χ1v) is 9.71. The third kappa shape index (κ3) is 5.29. The van der Waals surface area contributed by atoms with Gasteiger partial charge in [-0.25, -0.2) is 4.79 Å². The molecule has 8 nitrogen and oxygen atoms in total. The summed E-state index contributed by atoms with van der Waals surface area (Å²) in [7, 11) is 0. The van der Waals surface area contributed by atoms with Crippen molar-refractivity contribution in [2.24, 2.45) is 0 Å². The normalized spacial score (nSPS) is 14.9. The van der Waals surface area contributed by atoms with Crippen LogP contribution < -0.4 is 0 Å². The van der Waals surface area contributed by atoms with Crippen LogP contribution in [0.1, 0.15) is 41.4 Å². The van der Waals surface area contributed by atoms with E-state index in [1.54, 1.807) is 4.90 Å². The van der Waals surface area contributed by atoms with E-state index < -0.39 is 5.97 Å². The molecule has 2 heterocycles. The maximum Gasteiger partial charge on any atom is 0.344 e. The van der Waals surface area contributed by atoms with Gasteiger partial charge in [0, 0.05) is 38.8 Å². The van der Waals surface area contributed by atoms with Crippen LogP contribution in [-0.2, 0) is 11.3 Å². The smallest absolute Gasteiger partial charge is 0.344 e. The van der Waals surface area contributed by atoms with Crippen LogP contribution in [0.15, 0.2) is 36.5 Å². The molecule has 1 fully saturated rings. The fraction of sp³-hybridized carbons (Fsp3) is 0.429. The summed E-state index contributed by atoms with van der Waals surface area (Å²) in [6.45, 7) is 4.99. The summed E-state index contributed by atoms with van der Waals surface area (Å²) in [4.78, 5) is 39.1. The lowest BCUT2D eigenvalue weighted by Crippen LogP contribution is -2.48. The number of rotatable bonds is 6. The van der Waals surface area contributed by atoms with Crippen molar-refractivity contribution in [2.45, 2.75) is 39.3 Å². The Kier molecular flexibility index (Phi) is 6.43. The lowest BCUT2D eigenvalue weighted by Gasteiger charge is -2.37. The Labute approximate surface area is 169 Å². The maximum absolute atomic E-state index is 12.6. The highest BCUT2D eigenvalue weighted by molar-refractivity contribution is 5.92. The number of carboxylic acids is 1. The summed E-state index contributed by atoms with van der Waals surface area (Å²) in [5.41, 5.74) is 2.49. The molecule has 0 unspecified atom stereocenters. The topological polar surface area (TPSA) is 95.7 Å². The zero-order chi connectivity index (χ0) is 21.0. The molecular weight excluding hydrogens is 372 g/mol. The summed E-state index contributed by atoms with van der Waals surface area (Å²) >= 11 is 0. The number of carboxylic acid groups (broad SMARTS) is 1. The zero-order valence-electron chi connectivity index (χ0n) is 16.7. The standard InChI is InChI=1S/C21H26N4O4/c1-15-4-3-5-17(12-15)13-24(14-20(27)28)18-6-9-23(10-7-18)21(29)25-11-8-19(22-25)16(2)26/h3-5,8,11-12,18H,6-7,9-10,13-14H2,1-2H3,(H,27,28). The molecule has 29 heavy (non-hydrogen) atoms. The SMILES string of the molecule is CC(=O)c1ccn(C(=O)N2CCC(N(CC(=O)O)Cc3cccc(C)c3)CC2)n1. The minimum absolute atomic E-state index is 0.0340. The van der Waals surface area contributed by atoms with Crippen LogP contribution in [-0.4, -0.2) is 68.1 Å². The van der Waals surface area contributed by atoms with Gasteiger partial charge in [-0.1, -0.05) is 29.8 Å². The van der Waals surface area contributed by atoms with Gasteiger partial charge in [0.2, 0.25) is 0 Å². The second kappa shape index (κ2) is 9.00. The summed E-state index contributed by atoms with van der Waals surface area (Å²) in [5, 5.41) is 13.4. The van der Waals surface area contributed by atoms with Gasteiger partial charge in [0.15, 0.2) is 5.78 Å². The quantitative estimate of drug-likeness (QED) is 0.751. The Morgan fingerprint density at radius 3 is 2.52 bits per heavy atom. The number of nitrogens with zero attached hydrogens (tertiary/aromatic N) is 4. The van der Waals surface area contributed by atoms with Crippen molar-refractivity contribution in [3.8, 4) is 0 Å². The molecule has 0 atom stereocenters. The molecule has 0 aliphatic carbocycles. The van der Waals surface area contributed by atoms with Crippen molar-refractivity contribution in [3.05, 3.63) is 53.3 Å². The van der Waals surface area contributed by atoms with E-state index >= 15 is 0 Å². The first-order valence-electron chi connectivity index (χ1n) is 9.71. The highest BCUT2D eigenvalue weighted by Crippen LogP contribution is 2.20. The Bertz CT molecular complexity index is 900. The highest BCUT2D eigenvalue weighted by atomic mass is 16.4. The number of ketones is 1. The van der Waals surface area contributed by atoms with Crippen LogP contribution in [0.25, 0.3) is 0 Å². The summed E-state index contributed by atoms with van der Waals surface area (Å²) in [6.07, 6.45) is 2.87. The third-order valence-corrected chi connectivity index (χ3v) is 5.20. The van der Waals surface area contributed by atoms with Crippen molar-refractivity contribution in [3.63, 3.8) is 0 Å². The predicted octanol–water partition coefficient (Wildman–Crippen LogP) is 2.41. The van der Waals surface area contributed by atoms with Crippen LogP contribution >= 0.6 is 0 Å². The van der Waals surface area contributed by atoms with E-state index in [4.69, 9.17) is 0 Å². The van der Waals surface area contributed by atoms with Gasteiger partial charge in [0.25, 0.3) is 0 Å². The number of aromatic nitrogens is 2. The third-order valence-electron chi connectivity index (χ3n) is 5.20. The molecule has 1 aromatic heterocycles. The van der Waals surface area contributed by atoms with Crippen molar-refractivity contribution in [1.29, 1.82) is 0 Å². The van der Waals surface area contributed by atoms with Crippen molar-refractivity contribution in [1.82, 2.24) is 19.6 Å². The van der Waals surface area contributed by atoms with Gasteiger partial charge < -0.3 is 10.0 Å². The second-order valence-corrected chi connectivity index (χ2v) is 7.49. The molecule has 1 saturated heterocycles. The Morgan fingerprint density at radius 1 is 1.21 bits per heavy atom. The van der Waals surface area contributed by atoms with E-state index in [1.807, 2.05) is 30.0 Å². The van der Waals surface area contributed by atoms with Gasteiger partial charge in [0.05, 0.1) is 6.54 Å². The fourth-order valence-corrected chi connectivity index (χ4v) is 3.72. The van der Waals surface area contributed by atoms with E-state index in [9.17, 15) is 19.5 Å². The van der Waals surface area contributed by atoms with Gasteiger partial charge in [-0.3, -0.25) is 14.5 Å². The number of likely N-dealkylation sites (tertiary alicyclic amines) is 1. The van der Waals surface area contributed by atoms with E-state index in [1.165, 1.54) is 23.9 Å². The van der Waals surface area contributed by atoms with E-state index in [0.717, 1.165) is 11.1 Å². The van der Waals surface area contributed by atoms with Gasteiger partial charge in [-0.2, -0.15) is 9.78 Å². The second-order valence-electron chi connectivity index (χ2n) is 7.49. The monoisotopic (exact) mass is 398 g/mol. The van der Waals surface area contributed by atoms with Gasteiger partial charge >= 0.3 is 12.0 Å². The number of piperidine rings is 1. The molecule has 1 aliphatic heterocycles. The van der Waals surface area contributed by atoms with Gasteiger partial charge in [0.1, 0.15) is 5.69 Å². The van der Waals surface area contributed by atoms with Crippen LogP contribution in [0.2, 0.25) is 0 Å². The number of benzene rings is 1. The predicted molar refractivity (Wildman–Crippen MR) is 107 cm³/mol. The molecule has 0 radical (unpaired) electrons. The largest absolute Gasteiger partial charge is 0.480 e. The Balaban J connectivity index is 1.63. The molecule has 1 aromatic carbocycles. The molecule has 2 aromatic rings. The Hall–Kier alpha value is -3.00. The van der Waals surface area contributed by atoms with E-state index in [2.05, 4.69) is 11.2 Å². The molecule has 1 N–H and O–H groups in total. The number of amides is 1. The number of carbonyl (C=O) groups excluding carboxylic acids is 2. The Morgan fingerprint density at radius 2 is 1.93 bits per heavy atom. The van der Waals surface area contributed by atoms with Crippen LogP contribution in [0.3, 0.4) is 0 Å². The highest BCUT2D eigenvalue weighted by Gasteiger charge is 2.29. The molecule has 0 saturated carbocycles. The average Bonchev–Trinajstić information content (AvgIpc) is 3.17. The van der Waals surface area contributed by atoms with E-state index in [0.29, 0.717) is 32.5 Å². The van der Waals surface area contributed by atoms with Gasteiger partial charge in [-0.05, 0) is 31.4 Å². The van der Waals surface area contributed by atoms with Crippen LogP contribution in [0.5, 0.6) is 0 Å². The van der Waals surface area contributed by atoms with Crippen molar-refractivity contribution < 1.29 is 19.5 Å². The molecule has 0 bridgehead atoms. The zero-order valence-corrected chi connectivity index (χ0v) is 16.7. The van der Waals surface area contributed by atoms with E-state index in [-0.39, 0.29) is 30.1 Å². The lowest BCUT2D eigenvalue weighted by molar-refractivity contribution is -0.139. The van der Waals surface area contributed by atoms with Crippen molar-refractivity contribution in [2.75, 3.05) is 19.6 Å². The molecule has 154 valence electrons.